The number of ether oxygens (including phenoxy) is 2. The van der Waals surface area contributed by atoms with Gasteiger partial charge < -0.3 is 20.9 Å². The molecule has 2 aliphatic rings. The first-order chi connectivity index (χ1) is 12.1. The fourth-order valence-corrected chi connectivity index (χ4v) is 3.72. The van der Waals surface area contributed by atoms with Gasteiger partial charge in [0.1, 0.15) is 23.2 Å². The fourth-order valence-electron chi connectivity index (χ4n) is 3.72. The van der Waals surface area contributed by atoms with Crippen molar-refractivity contribution < 1.29 is 9.47 Å². The van der Waals surface area contributed by atoms with Crippen LogP contribution in [0.2, 0.25) is 0 Å². The molecule has 0 unspecified atom stereocenters. The molecule has 1 aromatic carbocycles. The van der Waals surface area contributed by atoms with Crippen molar-refractivity contribution in [2.24, 2.45) is 11.5 Å². The van der Waals surface area contributed by atoms with Gasteiger partial charge in [0, 0.05) is 30.5 Å². The predicted octanol–water partition coefficient (Wildman–Crippen LogP) is 2.24. The van der Waals surface area contributed by atoms with Gasteiger partial charge in [-0.2, -0.15) is 0 Å². The van der Waals surface area contributed by atoms with Crippen LogP contribution in [0.15, 0.2) is 24.4 Å². The highest BCUT2D eigenvalue weighted by molar-refractivity contribution is 5.83. The molecule has 4 rings (SSSR count). The molecule has 2 heterocycles. The minimum atomic E-state index is -0.490. The maximum atomic E-state index is 6.63. The Bertz CT molecular complexity index is 737. The average Bonchev–Trinajstić information content (AvgIpc) is 2.65. The third-order valence-corrected chi connectivity index (χ3v) is 5.40. The molecule has 0 amide bonds. The van der Waals surface area contributed by atoms with E-state index in [4.69, 9.17) is 25.9 Å². The lowest BCUT2D eigenvalue weighted by Gasteiger charge is -2.34. The molecule has 2 aromatic rings. The molecule has 1 aliphatic heterocycles. The number of benzene rings is 1. The lowest BCUT2D eigenvalue weighted by molar-refractivity contribution is 0.0261. The molecule has 0 bridgehead atoms. The molecule has 1 aromatic heterocycles. The van der Waals surface area contributed by atoms with E-state index in [0.717, 1.165) is 68.4 Å². The van der Waals surface area contributed by atoms with Gasteiger partial charge in [0.05, 0.1) is 18.8 Å². The number of nitrogens with zero attached hydrogens (tertiary/aromatic N) is 2. The van der Waals surface area contributed by atoms with Crippen LogP contribution in [0.5, 0.6) is 5.75 Å². The molecular formula is C19H26N4O2. The fraction of sp³-hybridized carbons (Fsp3) is 0.579. The molecule has 2 fully saturated rings. The summed E-state index contributed by atoms with van der Waals surface area (Å²) in [5, 5.41) is 0.976. The monoisotopic (exact) mass is 342 g/mol. The maximum absolute atomic E-state index is 6.63. The quantitative estimate of drug-likeness (QED) is 0.888. The zero-order valence-electron chi connectivity index (χ0n) is 14.5. The van der Waals surface area contributed by atoms with Gasteiger partial charge in [-0.25, -0.2) is 9.97 Å². The van der Waals surface area contributed by atoms with Gasteiger partial charge in [-0.1, -0.05) is 12.1 Å². The van der Waals surface area contributed by atoms with E-state index in [9.17, 15) is 0 Å². The number of rotatable bonds is 3. The van der Waals surface area contributed by atoms with E-state index in [0.29, 0.717) is 5.82 Å². The van der Waals surface area contributed by atoms with Crippen molar-refractivity contribution in [3.8, 4) is 5.75 Å². The second-order valence-corrected chi connectivity index (χ2v) is 7.31. The summed E-state index contributed by atoms with van der Waals surface area (Å²) in [4.78, 5) is 9.39. The molecule has 6 nitrogen and oxygen atoms in total. The summed E-state index contributed by atoms with van der Waals surface area (Å²) in [5.74, 6) is 1.51. The Morgan fingerprint density at radius 2 is 1.88 bits per heavy atom. The van der Waals surface area contributed by atoms with E-state index in [-0.39, 0.29) is 12.1 Å². The van der Waals surface area contributed by atoms with Crippen molar-refractivity contribution in [2.75, 3.05) is 13.2 Å². The molecule has 25 heavy (non-hydrogen) atoms. The molecule has 1 aliphatic carbocycles. The number of nitrogens with two attached hydrogens (primary N) is 2. The minimum absolute atomic E-state index is 0.178. The van der Waals surface area contributed by atoms with Crippen molar-refractivity contribution >= 4 is 10.9 Å². The Morgan fingerprint density at radius 3 is 2.64 bits per heavy atom. The molecule has 1 saturated carbocycles. The number of fused-ring (bicyclic) bond motifs is 1. The molecular weight excluding hydrogens is 316 g/mol. The van der Waals surface area contributed by atoms with Gasteiger partial charge in [0.25, 0.3) is 0 Å². The van der Waals surface area contributed by atoms with Crippen LogP contribution in [-0.2, 0) is 10.3 Å². The zero-order chi connectivity index (χ0) is 17.3. The van der Waals surface area contributed by atoms with Crippen LogP contribution in [0.4, 0.5) is 0 Å². The summed E-state index contributed by atoms with van der Waals surface area (Å²) < 4.78 is 11.6. The first-order valence-electron chi connectivity index (χ1n) is 9.19. The summed E-state index contributed by atoms with van der Waals surface area (Å²) in [6.45, 7) is 1.50. The first kappa shape index (κ1) is 16.7. The third-order valence-electron chi connectivity index (χ3n) is 5.40. The van der Waals surface area contributed by atoms with E-state index >= 15 is 0 Å². The topological polar surface area (TPSA) is 96.3 Å². The average molecular weight is 342 g/mol. The largest absolute Gasteiger partial charge is 0.488 e. The predicted molar refractivity (Wildman–Crippen MR) is 96.3 cm³/mol. The highest BCUT2D eigenvalue weighted by atomic mass is 16.5. The van der Waals surface area contributed by atoms with Gasteiger partial charge >= 0.3 is 0 Å². The summed E-state index contributed by atoms with van der Waals surface area (Å²) in [7, 11) is 0. The van der Waals surface area contributed by atoms with E-state index < -0.39 is 5.54 Å². The molecule has 1 saturated heterocycles. The van der Waals surface area contributed by atoms with Crippen LogP contribution in [0.25, 0.3) is 10.9 Å². The second kappa shape index (κ2) is 6.86. The first-order valence-corrected chi connectivity index (χ1v) is 9.19. The van der Waals surface area contributed by atoms with Crippen LogP contribution < -0.4 is 16.2 Å². The van der Waals surface area contributed by atoms with Crippen molar-refractivity contribution in [3.63, 3.8) is 0 Å². The highest BCUT2D eigenvalue weighted by Crippen LogP contribution is 2.34. The van der Waals surface area contributed by atoms with Crippen LogP contribution in [0, 0.1) is 0 Å². The number of para-hydroxylation sites is 1. The molecule has 0 atom stereocenters. The summed E-state index contributed by atoms with van der Waals surface area (Å²) in [6.07, 6.45) is 7.33. The SMILES string of the molecule is NC1CCC(N)(c2ncc3cccc(OC4CCOCC4)c3n2)CC1. The van der Waals surface area contributed by atoms with Crippen molar-refractivity contribution in [3.05, 3.63) is 30.2 Å². The number of hydrogen-bond donors (Lipinski definition) is 2. The smallest absolute Gasteiger partial charge is 0.148 e. The van der Waals surface area contributed by atoms with Crippen LogP contribution in [0.3, 0.4) is 0 Å². The minimum Gasteiger partial charge on any atom is -0.488 e. The molecule has 6 heteroatoms. The lowest BCUT2D eigenvalue weighted by atomic mass is 9.80. The summed E-state index contributed by atoms with van der Waals surface area (Å²) in [5.41, 5.74) is 13.0. The van der Waals surface area contributed by atoms with E-state index in [1.165, 1.54) is 0 Å². The van der Waals surface area contributed by atoms with Crippen molar-refractivity contribution in [2.45, 2.75) is 56.2 Å². The van der Waals surface area contributed by atoms with Crippen LogP contribution in [-0.4, -0.2) is 35.3 Å². The summed E-state index contributed by atoms with van der Waals surface area (Å²) in [6, 6.07) is 6.21. The molecule has 134 valence electrons. The van der Waals surface area contributed by atoms with Crippen LogP contribution >= 0.6 is 0 Å². The Balaban J connectivity index is 1.65. The number of aromatic nitrogens is 2. The zero-order valence-corrected chi connectivity index (χ0v) is 14.5. The van der Waals surface area contributed by atoms with Gasteiger partial charge in [-0.05, 0) is 31.7 Å². The lowest BCUT2D eigenvalue weighted by Crippen LogP contribution is -2.44. The number of hydrogen-bond acceptors (Lipinski definition) is 6. The van der Waals surface area contributed by atoms with Gasteiger partial charge in [-0.15, -0.1) is 0 Å². The van der Waals surface area contributed by atoms with E-state index in [2.05, 4.69) is 4.98 Å². The van der Waals surface area contributed by atoms with E-state index in [1.807, 2.05) is 24.4 Å². The Hall–Kier alpha value is -1.76. The van der Waals surface area contributed by atoms with Crippen molar-refractivity contribution in [1.29, 1.82) is 0 Å². The molecule has 0 spiro atoms. The van der Waals surface area contributed by atoms with Gasteiger partial charge in [-0.3, -0.25) is 0 Å². The van der Waals surface area contributed by atoms with Gasteiger partial charge in [0.15, 0.2) is 0 Å². The standard InChI is InChI=1S/C19H26N4O2/c20-14-4-8-19(21,9-5-14)18-22-12-13-2-1-3-16(17(13)23-18)25-15-6-10-24-11-7-15/h1-3,12,14-15H,4-11,20-21H2. The maximum Gasteiger partial charge on any atom is 0.148 e. The van der Waals surface area contributed by atoms with E-state index in [1.54, 1.807) is 0 Å². The Labute approximate surface area is 147 Å². The second-order valence-electron chi connectivity index (χ2n) is 7.31. The Kier molecular flexibility index (Phi) is 4.58. The van der Waals surface area contributed by atoms with Crippen molar-refractivity contribution in [1.82, 2.24) is 9.97 Å². The molecule has 4 N–H and O–H groups in total. The van der Waals surface area contributed by atoms with Crippen LogP contribution in [0.1, 0.15) is 44.3 Å². The highest BCUT2D eigenvalue weighted by Gasteiger charge is 2.35. The summed E-state index contributed by atoms with van der Waals surface area (Å²) >= 11 is 0. The molecule has 0 radical (unpaired) electrons. The van der Waals surface area contributed by atoms with Gasteiger partial charge in [0.2, 0.25) is 0 Å². The normalized spacial score (nSPS) is 28.2. The Morgan fingerprint density at radius 1 is 1.12 bits per heavy atom. The third kappa shape index (κ3) is 3.47.